The summed E-state index contributed by atoms with van der Waals surface area (Å²) in [7, 11) is 1.62. The molecule has 2 aliphatic heterocycles. The van der Waals surface area contributed by atoms with E-state index in [4.69, 9.17) is 9.47 Å². The minimum absolute atomic E-state index is 0.246. The second-order valence-electron chi connectivity index (χ2n) is 8.91. The first-order valence-electron chi connectivity index (χ1n) is 11.6. The fraction of sp³-hybridized carbons (Fsp3) is 0.385. The lowest BCUT2D eigenvalue weighted by Gasteiger charge is -2.20. The normalized spacial score (nSPS) is 20.2. The number of nitrogens with zero attached hydrogens (tertiary/aromatic N) is 3. The van der Waals surface area contributed by atoms with Gasteiger partial charge in [-0.1, -0.05) is 12.2 Å². The first-order chi connectivity index (χ1) is 16.6. The molecule has 1 N–H and O–H groups in total. The average Bonchev–Trinajstić information content (AvgIpc) is 3.48. The topological polar surface area (TPSA) is 59.5 Å². The van der Waals surface area contributed by atoms with Crippen molar-refractivity contribution in [1.82, 2.24) is 20.2 Å². The fourth-order valence-electron chi connectivity index (χ4n) is 4.85. The molecule has 0 bridgehead atoms. The Kier molecular flexibility index (Phi) is 6.69. The van der Waals surface area contributed by atoms with Gasteiger partial charge >= 0.3 is 0 Å². The fourth-order valence-corrected chi connectivity index (χ4v) is 4.85. The molecule has 8 heteroatoms. The van der Waals surface area contributed by atoms with Crippen molar-refractivity contribution >= 4 is 17.1 Å². The number of hydrogen-bond acceptors (Lipinski definition) is 6. The summed E-state index contributed by atoms with van der Waals surface area (Å²) in [5.41, 5.74) is 3.10. The van der Waals surface area contributed by atoms with Gasteiger partial charge in [-0.05, 0) is 49.7 Å². The van der Waals surface area contributed by atoms with Crippen LogP contribution in [0.2, 0.25) is 0 Å². The largest absolute Gasteiger partial charge is 0.491 e. The maximum atomic E-state index is 13.7. The molecule has 3 aromatic rings. The molecule has 34 heavy (non-hydrogen) atoms. The van der Waals surface area contributed by atoms with Gasteiger partial charge in [-0.2, -0.15) is 0 Å². The third-order valence-electron chi connectivity index (χ3n) is 6.55. The highest BCUT2D eigenvalue weighted by molar-refractivity contribution is 5.81. The molecule has 0 radical (unpaired) electrons. The molecular weight excluding hydrogens is 438 g/mol. The third kappa shape index (κ3) is 4.88. The van der Waals surface area contributed by atoms with E-state index in [0.717, 1.165) is 67.1 Å². The molecule has 0 aliphatic carbocycles. The maximum absolute atomic E-state index is 13.7. The van der Waals surface area contributed by atoms with Crippen molar-refractivity contribution in [3.63, 3.8) is 0 Å². The number of methoxy groups -OCH3 is 1. The molecule has 1 aromatic carbocycles. The van der Waals surface area contributed by atoms with Crippen molar-refractivity contribution in [2.45, 2.75) is 12.3 Å². The van der Waals surface area contributed by atoms with E-state index in [1.807, 2.05) is 18.2 Å². The predicted molar refractivity (Wildman–Crippen MR) is 127 cm³/mol. The molecule has 6 nitrogen and oxygen atoms in total. The SMILES string of the molecule is COc1ccc2ncc3c(c2n1)C(CN1CC[C@@H](CNC/C=C/c2cc(F)ccc2F)C1)CO3. The number of likely N-dealkylation sites (tertiary alicyclic amines) is 1. The van der Waals surface area contributed by atoms with Crippen LogP contribution in [0, 0.1) is 17.6 Å². The lowest BCUT2D eigenvalue weighted by atomic mass is 9.99. The average molecular weight is 467 g/mol. The number of nitrogens with one attached hydrogen (secondary N) is 1. The maximum Gasteiger partial charge on any atom is 0.213 e. The summed E-state index contributed by atoms with van der Waals surface area (Å²) in [4.78, 5) is 11.6. The highest BCUT2D eigenvalue weighted by Gasteiger charge is 2.32. The third-order valence-corrected chi connectivity index (χ3v) is 6.55. The van der Waals surface area contributed by atoms with E-state index in [0.29, 0.717) is 24.9 Å². The summed E-state index contributed by atoms with van der Waals surface area (Å²) in [6, 6.07) is 7.24. The number of ether oxygens (including phenoxy) is 2. The summed E-state index contributed by atoms with van der Waals surface area (Å²) >= 11 is 0. The van der Waals surface area contributed by atoms with Gasteiger partial charge in [-0.3, -0.25) is 4.98 Å². The predicted octanol–water partition coefficient (Wildman–Crippen LogP) is 4.02. The Hall–Kier alpha value is -3.10. The van der Waals surface area contributed by atoms with E-state index in [-0.39, 0.29) is 11.5 Å². The van der Waals surface area contributed by atoms with Gasteiger partial charge in [0.1, 0.15) is 22.9 Å². The van der Waals surface area contributed by atoms with E-state index >= 15 is 0 Å². The molecule has 2 aliphatic rings. The molecule has 178 valence electrons. The van der Waals surface area contributed by atoms with Gasteiger partial charge in [-0.15, -0.1) is 0 Å². The molecular formula is C26H28F2N4O2. The zero-order chi connectivity index (χ0) is 23.5. The van der Waals surface area contributed by atoms with Gasteiger partial charge in [0.2, 0.25) is 5.88 Å². The van der Waals surface area contributed by atoms with Crippen LogP contribution in [0.25, 0.3) is 17.1 Å². The standard InChI is InChI=1S/C26H28F2N4O2/c1-33-24-7-6-22-26(31-24)25-19(16-34-23(25)13-30-22)15-32-10-8-17(14-32)12-29-9-2-3-18-11-20(27)4-5-21(18)28/h2-7,11,13,17,19,29H,8-10,12,14-16H2,1H3/b3-2+/t17-,19?/m0/s1. The summed E-state index contributed by atoms with van der Waals surface area (Å²) in [5, 5.41) is 3.41. The quantitative estimate of drug-likeness (QED) is 0.506. The number of benzene rings is 1. The van der Waals surface area contributed by atoms with Crippen molar-refractivity contribution < 1.29 is 18.3 Å². The van der Waals surface area contributed by atoms with Gasteiger partial charge in [-0.25, -0.2) is 13.8 Å². The van der Waals surface area contributed by atoms with E-state index in [1.165, 1.54) is 6.07 Å². The van der Waals surface area contributed by atoms with Gasteiger partial charge in [0.15, 0.2) is 0 Å². The smallest absolute Gasteiger partial charge is 0.213 e. The Bertz CT molecular complexity index is 1200. The summed E-state index contributed by atoms with van der Waals surface area (Å²) in [6.45, 7) is 5.11. The number of halogens is 2. The van der Waals surface area contributed by atoms with Crippen LogP contribution in [0.4, 0.5) is 8.78 Å². The highest BCUT2D eigenvalue weighted by atomic mass is 19.1. The van der Waals surface area contributed by atoms with Gasteiger partial charge in [0.25, 0.3) is 0 Å². The second kappa shape index (κ2) is 10.0. The molecule has 2 atom stereocenters. The number of fused-ring (bicyclic) bond motifs is 3. The van der Waals surface area contributed by atoms with Crippen molar-refractivity contribution in [3.05, 3.63) is 65.4 Å². The molecule has 1 unspecified atom stereocenters. The first-order valence-corrected chi connectivity index (χ1v) is 11.6. The van der Waals surface area contributed by atoms with Crippen LogP contribution in [0.15, 0.2) is 42.6 Å². The Morgan fingerprint density at radius 3 is 3.06 bits per heavy atom. The van der Waals surface area contributed by atoms with Gasteiger partial charge in [0, 0.05) is 42.7 Å². The molecule has 0 amide bonds. The van der Waals surface area contributed by atoms with Crippen LogP contribution in [0.3, 0.4) is 0 Å². The van der Waals surface area contributed by atoms with Gasteiger partial charge in [0.05, 0.1) is 25.4 Å². The number of rotatable bonds is 8. The molecule has 0 saturated carbocycles. The second-order valence-corrected chi connectivity index (χ2v) is 8.91. The number of pyridine rings is 2. The summed E-state index contributed by atoms with van der Waals surface area (Å²) in [5.74, 6) is 1.34. The zero-order valence-corrected chi connectivity index (χ0v) is 19.1. The number of aromatic nitrogens is 2. The Morgan fingerprint density at radius 1 is 1.26 bits per heavy atom. The molecule has 1 fully saturated rings. The first kappa shape index (κ1) is 22.7. The van der Waals surface area contributed by atoms with E-state index in [2.05, 4.69) is 20.2 Å². The van der Waals surface area contributed by atoms with Crippen LogP contribution in [0.1, 0.15) is 23.5 Å². The van der Waals surface area contributed by atoms with Crippen molar-refractivity contribution in [2.24, 2.45) is 5.92 Å². The highest BCUT2D eigenvalue weighted by Crippen LogP contribution is 2.39. The van der Waals surface area contributed by atoms with Crippen LogP contribution in [-0.2, 0) is 0 Å². The van der Waals surface area contributed by atoms with E-state index in [1.54, 1.807) is 19.4 Å². The lowest BCUT2D eigenvalue weighted by Crippen LogP contribution is -2.30. The van der Waals surface area contributed by atoms with Crippen LogP contribution in [0.5, 0.6) is 11.6 Å². The summed E-state index contributed by atoms with van der Waals surface area (Å²) < 4.78 is 38.2. The molecule has 5 rings (SSSR count). The van der Waals surface area contributed by atoms with Crippen LogP contribution in [-0.4, -0.2) is 61.3 Å². The van der Waals surface area contributed by atoms with Crippen molar-refractivity contribution in [1.29, 1.82) is 0 Å². The minimum atomic E-state index is -0.436. The van der Waals surface area contributed by atoms with Crippen LogP contribution >= 0.6 is 0 Å². The zero-order valence-electron chi connectivity index (χ0n) is 19.1. The Labute approximate surface area is 197 Å². The lowest BCUT2D eigenvalue weighted by molar-refractivity contribution is 0.261. The van der Waals surface area contributed by atoms with E-state index < -0.39 is 11.6 Å². The van der Waals surface area contributed by atoms with E-state index in [9.17, 15) is 8.78 Å². The summed E-state index contributed by atoms with van der Waals surface area (Å²) in [6.07, 6.45) is 6.37. The molecule has 1 saturated heterocycles. The monoisotopic (exact) mass is 466 g/mol. The molecule has 0 spiro atoms. The molecule has 4 heterocycles. The Morgan fingerprint density at radius 2 is 2.18 bits per heavy atom. The van der Waals surface area contributed by atoms with Gasteiger partial charge < -0.3 is 19.7 Å². The Balaban J connectivity index is 1.14. The van der Waals surface area contributed by atoms with Crippen molar-refractivity contribution in [2.75, 3.05) is 46.4 Å². The molecule has 2 aromatic heterocycles. The number of hydrogen-bond donors (Lipinski definition) is 1. The minimum Gasteiger partial charge on any atom is -0.491 e. The van der Waals surface area contributed by atoms with Crippen molar-refractivity contribution in [3.8, 4) is 11.6 Å². The van der Waals surface area contributed by atoms with Crippen LogP contribution < -0.4 is 14.8 Å².